The summed E-state index contributed by atoms with van der Waals surface area (Å²) in [6.07, 6.45) is 2.02. The molecule has 2 heterocycles. The van der Waals surface area contributed by atoms with E-state index in [1.54, 1.807) is 21.9 Å². The third-order valence-electron chi connectivity index (χ3n) is 3.94. The lowest BCUT2D eigenvalue weighted by Gasteiger charge is -2.22. The number of para-hydroxylation sites is 1. The summed E-state index contributed by atoms with van der Waals surface area (Å²) >= 11 is 0. The maximum atomic E-state index is 13.6. The van der Waals surface area contributed by atoms with E-state index in [2.05, 4.69) is 20.8 Å². The minimum absolute atomic E-state index is 0.0639. The van der Waals surface area contributed by atoms with Crippen molar-refractivity contribution in [3.63, 3.8) is 0 Å². The van der Waals surface area contributed by atoms with E-state index in [0.29, 0.717) is 32.6 Å². The first-order valence-corrected chi connectivity index (χ1v) is 7.92. The van der Waals surface area contributed by atoms with Gasteiger partial charge in [-0.15, -0.1) is 5.10 Å². The Morgan fingerprint density at radius 3 is 2.64 bits per heavy atom. The van der Waals surface area contributed by atoms with Crippen LogP contribution in [0.5, 0.6) is 0 Å². The first-order valence-electron chi connectivity index (χ1n) is 7.92. The highest BCUT2D eigenvalue weighted by atomic mass is 19.1. The molecule has 1 N–H and O–H groups in total. The Balaban J connectivity index is 1.55. The van der Waals surface area contributed by atoms with Gasteiger partial charge in [-0.25, -0.2) is 13.9 Å². The molecule has 25 heavy (non-hydrogen) atoms. The Hall–Kier alpha value is -3.04. The predicted molar refractivity (Wildman–Crippen MR) is 86.0 cm³/mol. The average molecular weight is 347 g/mol. The molecule has 3 rings (SSSR count). The molecule has 1 saturated heterocycles. The molecule has 9 nitrogen and oxygen atoms in total. The smallest absolute Gasteiger partial charge is 0.321 e. The third-order valence-corrected chi connectivity index (χ3v) is 3.94. The van der Waals surface area contributed by atoms with Crippen molar-refractivity contribution in [2.45, 2.75) is 13.0 Å². The van der Waals surface area contributed by atoms with E-state index in [-0.39, 0.29) is 24.2 Å². The fraction of sp³-hybridized carbons (Fsp3) is 0.400. The summed E-state index contributed by atoms with van der Waals surface area (Å²) in [4.78, 5) is 27.8. The zero-order valence-corrected chi connectivity index (χ0v) is 13.5. The van der Waals surface area contributed by atoms with Crippen LogP contribution in [0, 0.1) is 5.82 Å². The number of nitrogens with zero attached hydrogens (tertiary/aromatic N) is 6. The van der Waals surface area contributed by atoms with Crippen molar-refractivity contribution < 1.29 is 14.0 Å². The van der Waals surface area contributed by atoms with Crippen LogP contribution >= 0.6 is 0 Å². The standard InChI is InChI=1S/C15H18FN7O2/c16-12-4-1-2-5-13(12)18-15(25)22-7-3-6-21(8-9-22)14(24)10-23-11-17-19-20-23/h1-2,4-5,11H,3,6-10H2,(H,18,25). The predicted octanol–water partition coefficient (Wildman–Crippen LogP) is 0.579. The van der Waals surface area contributed by atoms with E-state index in [1.165, 1.54) is 23.1 Å². The fourth-order valence-corrected chi connectivity index (χ4v) is 2.62. The maximum absolute atomic E-state index is 13.6. The van der Waals surface area contributed by atoms with Crippen molar-refractivity contribution in [3.8, 4) is 0 Å². The number of carbonyl (C=O) groups excluding carboxylic acids is 2. The molecule has 1 fully saturated rings. The lowest BCUT2D eigenvalue weighted by atomic mass is 10.3. The van der Waals surface area contributed by atoms with Crippen molar-refractivity contribution in [2.75, 3.05) is 31.5 Å². The molecule has 1 aliphatic heterocycles. The second-order valence-electron chi connectivity index (χ2n) is 5.64. The first kappa shape index (κ1) is 16.8. The molecule has 0 saturated carbocycles. The minimum Gasteiger partial charge on any atom is -0.339 e. The Kier molecular flexibility index (Phi) is 5.17. The maximum Gasteiger partial charge on any atom is 0.321 e. The molecule has 0 atom stereocenters. The molecule has 1 aromatic heterocycles. The van der Waals surface area contributed by atoms with Crippen LogP contribution in [-0.4, -0.2) is 68.1 Å². The zero-order chi connectivity index (χ0) is 17.6. The summed E-state index contributed by atoms with van der Waals surface area (Å²) in [6.45, 7) is 1.89. The Labute approximate surface area is 143 Å². The molecule has 3 amide bonds. The van der Waals surface area contributed by atoms with Gasteiger partial charge in [0.2, 0.25) is 5.91 Å². The number of hydrogen-bond donors (Lipinski definition) is 1. The van der Waals surface area contributed by atoms with Crippen LogP contribution in [0.3, 0.4) is 0 Å². The Bertz CT molecular complexity index is 737. The highest BCUT2D eigenvalue weighted by Crippen LogP contribution is 2.14. The average Bonchev–Trinajstić information content (AvgIpc) is 2.98. The Morgan fingerprint density at radius 1 is 1.12 bits per heavy atom. The number of nitrogens with one attached hydrogen (secondary N) is 1. The molecule has 2 aromatic rings. The quantitative estimate of drug-likeness (QED) is 0.876. The van der Waals surface area contributed by atoms with E-state index in [4.69, 9.17) is 0 Å². The summed E-state index contributed by atoms with van der Waals surface area (Å²) in [5.74, 6) is -0.590. The summed E-state index contributed by atoms with van der Waals surface area (Å²) in [5, 5.41) is 13.2. The van der Waals surface area contributed by atoms with Crippen molar-refractivity contribution >= 4 is 17.6 Å². The number of urea groups is 1. The first-order chi connectivity index (χ1) is 12.1. The van der Waals surface area contributed by atoms with Crippen LogP contribution < -0.4 is 5.32 Å². The van der Waals surface area contributed by atoms with Crippen LogP contribution in [0.25, 0.3) is 0 Å². The highest BCUT2D eigenvalue weighted by molar-refractivity contribution is 5.89. The van der Waals surface area contributed by atoms with Crippen molar-refractivity contribution in [1.82, 2.24) is 30.0 Å². The normalized spacial score (nSPS) is 14.9. The van der Waals surface area contributed by atoms with Gasteiger partial charge in [0.05, 0.1) is 5.69 Å². The van der Waals surface area contributed by atoms with Crippen molar-refractivity contribution in [3.05, 3.63) is 36.4 Å². The number of amides is 3. The van der Waals surface area contributed by atoms with Gasteiger partial charge in [0.15, 0.2) is 0 Å². The van der Waals surface area contributed by atoms with E-state index in [1.807, 2.05) is 0 Å². The van der Waals surface area contributed by atoms with E-state index >= 15 is 0 Å². The number of rotatable bonds is 3. The largest absolute Gasteiger partial charge is 0.339 e. The van der Waals surface area contributed by atoms with Crippen LogP contribution in [0.15, 0.2) is 30.6 Å². The highest BCUT2D eigenvalue weighted by Gasteiger charge is 2.22. The molecule has 0 aliphatic carbocycles. The fourth-order valence-electron chi connectivity index (χ4n) is 2.62. The molecule has 0 spiro atoms. The Morgan fingerprint density at radius 2 is 1.88 bits per heavy atom. The lowest BCUT2D eigenvalue weighted by molar-refractivity contribution is -0.131. The van der Waals surface area contributed by atoms with Crippen LogP contribution in [0.2, 0.25) is 0 Å². The summed E-state index contributed by atoms with van der Waals surface area (Å²) < 4.78 is 15.0. The number of hydrogen-bond acceptors (Lipinski definition) is 5. The zero-order valence-electron chi connectivity index (χ0n) is 13.5. The monoisotopic (exact) mass is 347 g/mol. The van der Waals surface area contributed by atoms with Gasteiger partial charge >= 0.3 is 6.03 Å². The van der Waals surface area contributed by atoms with Gasteiger partial charge in [-0.1, -0.05) is 12.1 Å². The minimum atomic E-state index is -0.482. The topological polar surface area (TPSA) is 96.2 Å². The molecule has 10 heteroatoms. The van der Waals surface area contributed by atoms with Crippen LogP contribution in [-0.2, 0) is 11.3 Å². The molecule has 1 aliphatic rings. The van der Waals surface area contributed by atoms with E-state index < -0.39 is 5.82 Å². The molecule has 0 radical (unpaired) electrons. The summed E-state index contributed by atoms with van der Waals surface area (Å²) in [7, 11) is 0. The number of tetrazole rings is 1. The lowest BCUT2D eigenvalue weighted by Crippen LogP contribution is -2.40. The van der Waals surface area contributed by atoms with Crippen molar-refractivity contribution in [1.29, 1.82) is 0 Å². The number of anilines is 1. The van der Waals surface area contributed by atoms with Gasteiger partial charge in [-0.3, -0.25) is 4.79 Å². The van der Waals surface area contributed by atoms with Gasteiger partial charge in [0, 0.05) is 26.2 Å². The third kappa shape index (κ3) is 4.28. The van der Waals surface area contributed by atoms with Gasteiger partial charge in [0.1, 0.15) is 18.7 Å². The van der Waals surface area contributed by atoms with Crippen LogP contribution in [0.1, 0.15) is 6.42 Å². The molecule has 132 valence electrons. The molecular weight excluding hydrogens is 329 g/mol. The number of halogens is 1. The molecule has 0 bridgehead atoms. The summed E-state index contributed by atoms with van der Waals surface area (Å²) in [5.41, 5.74) is 0.142. The van der Waals surface area contributed by atoms with E-state index in [9.17, 15) is 14.0 Å². The second-order valence-corrected chi connectivity index (χ2v) is 5.64. The molecule has 1 aromatic carbocycles. The van der Waals surface area contributed by atoms with E-state index in [0.717, 1.165) is 0 Å². The van der Waals surface area contributed by atoms with Gasteiger partial charge < -0.3 is 15.1 Å². The number of aromatic nitrogens is 4. The molecule has 0 unspecified atom stereocenters. The van der Waals surface area contributed by atoms with Gasteiger partial charge in [-0.2, -0.15) is 0 Å². The van der Waals surface area contributed by atoms with Crippen molar-refractivity contribution in [2.24, 2.45) is 0 Å². The second kappa shape index (κ2) is 7.69. The number of benzene rings is 1. The SMILES string of the molecule is O=C(Cn1cnnn1)N1CCCN(C(=O)Nc2ccccc2F)CC1. The summed E-state index contributed by atoms with van der Waals surface area (Å²) in [6, 6.07) is 5.63. The van der Waals surface area contributed by atoms with Gasteiger partial charge in [-0.05, 0) is 29.0 Å². The van der Waals surface area contributed by atoms with Gasteiger partial charge in [0.25, 0.3) is 0 Å². The van der Waals surface area contributed by atoms with Crippen LogP contribution in [0.4, 0.5) is 14.9 Å². The number of carbonyl (C=O) groups is 2. The molecular formula is C15H18FN7O2.